The Morgan fingerprint density at radius 2 is 2.23 bits per heavy atom. The summed E-state index contributed by atoms with van der Waals surface area (Å²) in [4.78, 5) is 0. The van der Waals surface area contributed by atoms with Crippen LogP contribution >= 0.6 is 0 Å². The number of hydrogen-bond acceptors (Lipinski definition) is 2. The smallest absolute Gasteiger partial charge is 0.263 e. The van der Waals surface area contributed by atoms with Crippen LogP contribution in [-0.2, 0) is 0 Å². The first-order valence-electron chi connectivity index (χ1n) is 3.99. The number of ether oxygens (including phenoxy) is 1. The molecule has 0 saturated carbocycles. The number of benzene rings is 1. The average molecular weight is 185 g/mol. The predicted molar refractivity (Wildman–Crippen MR) is 43.8 cm³/mol. The molecule has 0 aromatic heterocycles. The fraction of sp³-hybridized carbons (Fsp3) is 0.333. The van der Waals surface area contributed by atoms with Crippen molar-refractivity contribution < 1.29 is 13.5 Å². The molecule has 0 saturated heterocycles. The van der Waals surface area contributed by atoms with E-state index in [4.69, 9.17) is 10.5 Å². The second kappa shape index (κ2) is 2.96. The fourth-order valence-electron chi connectivity index (χ4n) is 1.39. The van der Waals surface area contributed by atoms with Crippen LogP contribution in [0.1, 0.15) is 23.6 Å². The first-order chi connectivity index (χ1) is 6.18. The molecular weight excluding hydrogens is 176 g/mol. The van der Waals surface area contributed by atoms with Crippen LogP contribution in [0.4, 0.5) is 8.78 Å². The topological polar surface area (TPSA) is 35.2 Å². The van der Waals surface area contributed by atoms with Gasteiger partial charge in [-0.1, -0.05) is 0 Å². The molecule has 1 aliphatic heterocycles. The summed E-state index contributed by atoms with van der Waals surface area (Å²) in [6.07, 6.45) is -2.45. The zero-order valence-corrected chi connectivity index (χ0v) is 6.84. The highest BCUT2D eigenvalue weighted by molar-refractivity contribution is 5.42. The number of rotatable bonds is 1. The molecule has 70 valence electrons. The lowest BCUT2D eigenvalue weighted by atomic mass is 10.1. The van der Waals surface area contributed by atoms with Crippen molar-refractivity contribution in [1.82, 2.24) is 0 Å². The third-order valence-electron chi connectivity index (χ3n) is 2.10. The van der Waals surface area contributed by atoms with Crippen molar-refractivity contribution in [2.45, 2.75) is 12.5 Å². The minimum Gasteiger partial charge on any atom is -0.491 e. The maximum Gasteiger partial charge on any atom is 0.263 e. The molecular formula is C9H9F2NO. The average Bonchev–Trinajstić information content (AvgIpc) is 2.47. The van der Waals surface area contributed by atoms with Crippen molar-refractivity contribution >= 4 is 0 Å². The normalized spacial score (nSPS) is 20.2. The van der Waals surface area contributed by atoms with Crippen molar-refractivity contribution in [2.75, 3.05) is 6.61 Å². The van der Waals surface area contributed by atoms with Gasteiger partial charge in [0.2, 0.25) is 0 Å². The molecule has 4 heteroatoms. The van der Waals surface area contributed by atoms with Crippen molar-refractivity contribution in [1.29, 1.82) is 0 Å². The largest absolute Gasteiger partial charge is 0.491 e. The lowest BCUT2D eigenvalue weighted by Gasteiger charge is -2.03. The maximum absolute atomic E-state index is 12.3. The lowest BCUT2D eigenvalue weighted by Crippen LogP contribution is -2.10. The fourth-order valence-corrected chi connectivity index (χ4v) is 1.39. The van der Waals surface area contributed by atoms with Crippen LogP contribution in [0.5, 0.6) is 5.75 Å². The number of halogens is 2. The Morgan fingerprint density at radius 3 is 2.92 bits per heavy atom. The van der Waals surface area contributed by atoms with E-state index in [2.05, 4.69) is 0 Å². The Hall–Kier alpha value is -1.16. The van der Waals surface area contributed by atoms with Gasteiger partial charge in [-0.2, -0.15) is 0 Å². The quantitative estimate of drug-likeness (QED) is 0.726. The molecule has 0 aliphatic carbocycles. The van der Waals surface area contributed by atoms with E-state index in [1.165, 1.54) is 12.1 Å². The molecule has 0 bridgehead atoms. The summed E-state index contributed by atoms with van der Waals surface area (Å²) in [5.41, 5.74) is 6.32. The summed E-state index contributed by atoms with van der Waals surface area (Å²) in [5.74, 6) is 0.622. The van der Waals surface area contributed by atoms with Gasteiger partial charge in [0.1, 0.15) is 12.4 Å². The zero-order valence-electron chi connectivity index (χ0n) is 6.84. The van der Waals surface area contributed by atoms with Crippen molar-refractivity contribution in [2.24, 2.45) is 5.73 Å². The van der Waals surface area contributed by atoms with Gasteiger partial charge in [-0.15, -0.1) is 0 Å². The van der Waals surface area contributed by atoms with Gasteiger partial charge in [0.25, 0.3) is 6.43 Å². The lowest BCUT2D eigenvalue weighted by molar-refractivity contribution is 0.151. The maximum atomic E-state index is 12.3. The van der Waals surface area contributed by atoms with Gasteiger partial charge < -0.3 is 10.5 Å². The molecule has 1 aliphatic rings. The van der Waals surface area contributed by atoms with Gasteiger partial charge >= 0.3 is 0 Å². The van der Waals surface area contributed by atoms with Crippen LogP contribution in [0.15, 0.2) is 18.2 Å². The first kappa shape index (κ1) is 8.44. The summed E-state index contributed by atoms with van der Waals surface area (Å²) in [7, 11) is 0. The van der Waals surface area contributed by atoms with Gasteiger partial charge in [-0.25, -0.2) is 8.78 Å². The molecule has 1 aromatic rings. The minimum atomic E-state index is -2.45. The van der Waals surface area contributed by atoms with Crippen LogP contribution in [0.2, 0.25) is 0 Å². The van der Waals surface area contributed by atoms with Crippen LogP contribution in [0.3, 0.4) is 0 Å². The van der Waals surface area contributed by atoms with E-state index >= 15 is 0 Å². The van der Waals surface area contributed by atoms with E-state index in [1.807, 2.05) is 0 Å². The van der Waals surface area contributed by atoms with E-state index in [0.29, 0.717) is 17.9 Å². The SMILES string of the molecule is N[C@H]1COc2ccc(C(F)F)cc21. The number of hydrogen-bond donors (Lipinski definition) is 1. The Labute approximate surface area is 74.3 Å². The molecule has 0 radical (unpaired) electrons. The number of fused-ring (bicyclic) bond motifs is 1. The van der Waals surface area contributed by atoms with Gasteiger partial charge in [-0.3, -0.25) is 0 Å². The molecule has 0 fully saturated rings. The minimum absolute atomic E-state index is 0.000278. The summed E-state index contributed by atoms with van der Waals surface area (Å²) < 4.78 is 29.7. The van der Waals surface area contributed by atoms with E-state index in [1.54, 1.807) is 6.07 Å². The zero-order chi connectivity index (χ0) is 9.42. The van der Waals surface area contributed by atoms with Gasteiger partial charge in [-0.05, 0) is 18.2 Å². The summed E-state index contributed by atoms with van der Waals surface area (Å²) in [5, 5.41) is 0. The van der Waals surface area contributed by atoms with E-state index in [9.17, 15) is 8.78 Å². The highest BCUT2D eigenvalue weighted by atomic mass is 19.3. The van der Waals surface area contributed by atoms with Crippen molar-refractivity contribution in [3.8, 4) is 5.75 Å². The Balaban J connectivity index is 2.42. The molecule has 1 heterocycles. The molecule has 1 atom stereocenters. The second-order valence-electron chi connectivity index (χ2n) is 3.02. The van der Waals surface area contributed by atoms with Gasteiger partial charge in [0.15, 0.2) is 0 Å². The Kier molecular flexibility index (Phi) is 1.92. The highest BCUT2D eigenvalue weighted by Crippen LogP contribution is 2.33. The molecule has 0 amide bonds. The highest BCUT2D eigenvalue weighted by Gasteiger charge is 2.22. The summed E-state index contributed by atoms with van der Waals surface area (Å²) >= 11 is 0. The van der Waals surface area contributed by atoms with Crippen LogP contribution in [0.25, 0.3) is 0 Å². The third-order valence-corrected chi connectivity index (χ3v) is 2.10. The predicted octanol–water partition coefficient (Wildman–Crippen LogP) is 2.02. The summed E-state index contributed by atoms with van der Waals surface area (Å²) in [6.45, 7) is 0.377. The molecule has 0 spiro atoms. The van der Waals surface area contributed by atoms with Crippen molar-refractivity contribution in [3.05, 3.63) is 29.3 Å². The second-order valence-corrected chi connectivity index (χ2v) is 3.02. The van der Waals surface area contributed by atoms with Crippen LogP contribution in [0, 0.1) is 0 Å². The molecule has 13 heavy (non-hydrogen) atoms. The molecule has 2 N–H and O–H groups in total. The Bertz CT molecular complexity index is 327. The molecule has 0 unspecified atom stereocenters. The molecule has 2 rings (SSSR count). The van der Waals surface area contributed by atoms with Crippen molar-refractivity contribution in [3.63, 3.8) is 0 Å². The molecule has 2 nitrogen and oxygen atoms in total. The third kappa shape index (κ3) is 1.37. The van der Waals surface area contributed by atoms with Gasteiger partial charge in [0, 0.05) is 11.1 Å². The van der Waals surface area contributed by atoms with E-state index in [-0.39, 0.29) is 11.6 Å². The standard InChI is InChI=1S/C9H9F2NO/c10-9(11)5-1-2-8-6(3-5)7(12)4-13-8/h1-3,7,9H,4,12H2/t7-/m0/s1. The van der Waals surface area contributed by atoms with Gasteiger partial charge in [0.05, 0.1) is 6.04 Å². The van der Waals surface area contributed by atoms with E-state index < -0.39 is 6.43 Å². The molecule has 1 aromatic carbocycles. The first-order valence-corrected chi connectivity index (χ1v) is 3.99. The van der Waals surface area contributed by atoms with E-state index in [0.717, 1.165) is 0 Å². The monoisotopic (exact) mass is 185 g/mol. The van der Waals surface area contributed by atoms with Crippen LogP contribution in [-0.4, -0.2) is 6.61 Å². The van der Waals surface area contributed by atoms with Crippen LogP contribution < -0.4 is 10.5 Å². The Morgan fingerprint density at radius 1 is 1.46 bits per heavy atom. The summed E-state index contributed by atoms with van der Waals surface area (Å²) in [6, 6.07) is 4.05. The number of alkyl halides is 2. The number of nitrogens with two attached hydrogens (primary N) is 1.